The second-order valence-electron chi connectivity index (χ2n) is 2.82. The lowest BCUT2D eigenvalue weighted by Crippen LogP contribution is -2.25. The molecule has 0 aromatic heterocycles. The summed E-state index contributed by atoms with van der Waals surface area (Å²) >= 11 is 0. The Morgan fingerprint density at radius 3 is 2.67 bits per heavy atom. The minimum atomic E-state index is -0.485. The van der Waals surface area contributed by atoms with E-state index in [1.165, 1.54) is 0 Å². The van der Waals surface area contributed by atoms with Gasteiger partial charge in [-0.25, -0.2) is 0 Å². The number of esters is 1. The van der Waals surface area contributed by atoms with E-state index < -0.39 is 5.91 Å². The lowest BCUT2D eigenvalue weighted by atomic mass is 10.4. The second kappa shape index (κ2) is 9.42. The Morgan fingerprint density at radius 1 is 1.33 bits per heavy atom. The average Bonchev–Trinajstić information content (AvgIpc) is 2.16. The number of nitrogens with one attached hydrogen (secondary N) is 1. The molecule has 0 aromatic rings. The molecule has 0 saturated heterocycles. The van der Waals surface area contributed by atoms with Gasteiger partial charge in [0.25, 0.3) is 0 Å². The van der Waals surface area contributed by atoms with E-state index in [1.54, 1.807) is 6.92 Å². The lowest BCUT2D eigenvalue weighted by molar-refractivity contribution is -0.143. The first-order valence-electron chi connectivity index (χ1n) is 4.89. The third kappa shape index (κ3) is 10.8. The summed E-state index contributed by atoms with van der Waals surface area (Å²) in [4.78, 5) is 21.1. The fraction of sp³-hybridized carbons (Fsp3) is 0.778. The van der Waals surface area contributed by atoms with Crippen LogP contribution in [0.1, 0.15) is 13.3 Å². The molecule has 0 bridgehead atoms. The monoisotopic (exact) mass is 218 g/mol. The predicted octanol–water partition coefficient (Wildman–Crippen LogP) is -0.969. The first-order chi connectivity index (χ1) is 7.16. The Bertz CT molecular complexity index is 197. The van der Waals surface area contributed by atoms with Gasteiger partial charge in [-0.3, -0.25) is 9.59 Å². The van der Waals surface area contributed by atoms with E-state index in [0.717, 1.165) is 0 Å². The van der Waals surface area contributed by atoms with Crippen molar-refractivity contribution in [3.05, 3.63) is 0 Å². The van der Waals surface area contributed by atoms with Crippen LogP contribution in [0.4, 0.5) is 0 Å². The number of nitrogens with two attached hydrogens (primary N) is 1. The SMILES string of the molecule is CCOC(=O)CCNCCOCC(N)=O. The summed E-state index contributed by atoms with van der Waals surface area (Å²) < 4.78 is 9.63. The summed E-state index contributed by atoms with van der Waals surface area (Å²) in [6.07, 6.45) is 0.337. The van der Waals surface area contributed by atoms with E-state index in [9.17, 15) is 9.59 Å². The molecule has 0 aliphatic rings. The van der Waals surface area contributed by atoms with Gasteiger partial charge in [0, 0.05) is 13.1 Å². The zero-order chi connectivity index (χ0) is 11.5. The van der Waals surface area contributed by atoms with Crippen LogP contribution in [0.2, 0.25) is 0 Å². The first kappa shape index (κ1) is 13.9. The molecule has 0 aliphatic heterocycles. The van der Waals surface area contributed by atoms with E-state index in [-0.39, 0.29) is 12.6 Å². The number of amides is 1. The van der Waals surface area contributed by atoms with Crippen LogP contribution in [0, 0.1) is 0 Å². The quantitative estimate of drug-likeness (QED) is 0.384. The maximum atomic E-state index is 10.9. The van der Waals surface area contributed by atoms with E-state index in [1.807, 2.05) is 0 Å². The molecule has 3 N–H and O–H groups in total. The van der Waals surface area contributed by atoms with E-state index >= 15 is 0 Å². The molecule has 0 spiro atoms. The molecular weight excluding hydrogens is 200 g/mol. The van der Waals surface area contributed by atoms with Crippen molar-refractivity contribution in [2.45, 2.75) is 13.3 Å². The minimum Gasteiger partial charge on any atom is -0.466 e. The molecular formula is C9H18N2O4. The molecule has 88 valence electrons. The lowest BCUT2D eigenvalue weighted by Gasteiger charge is -2.04. The highest BCUT2D eigenvalue weighted by atomic mass is 16.5. The predicted molar refractivity (Wildman–Crippen MR) is 54.1 cm³/mol. The van der Waals surface area contributed by atoms with Crippen molar-refractivity contribution in [3.63, 3.8) is 0 Å². The van der Waals surface area contributed by atoms with Gasteiger partial charge in [-0.05, 0) is 6.92 Å². The largest absolute Gasteiger partial charge is 0.466 e. The van der Waals surface area contributed by atoms with Gasteiger partial charge in [-0.15, -0.1) is 0 Å². The van der Waals surface area contributed by atoms with Gasteiger partial charge in [0.1, 0.15) is 6.61 Å². The van der Waals surface area contributed by atoms with Gasteiger partial charge >= 0.3 is 5.97 Å². The summed E-state index contributed by atoms with van der Waals surface area (Å²) in [7, 11) is 0. The molecule has 15 heavy (non-hydrogen) atoms. The van der Waals surface area contributed by atoms with Crippen molar-refractivity contribution in [2.24, 2.45) is 5.73 Å². The topological polar surface area (TPSA) is 90.7 Å². The molecule has 0 atom stereocenters. The molecule has 0 radical (unpaired) electrons. The smallest absolute Gasteiger partial charge is 0.307 e. The Labute approximate surface area is 89.1 Å². The van der Waals surface area contributed by atoms with Crippen LogP contribution in [0.25, 0.3) is 0 Å². The van der Waals surface area contributed by atoms with Crippen molar-refractivity contribution >= 4 is 11.9 Å². The van der Waals surface area contributed by atoms with E-state index in [4.69, 9.17) is 15.2 Å². The molecule has 0 rings (SSSR count). The van der Waals surface area contributed by atoms with Crippen LogP contribution < -0.4 is 11.1 Å². The highest BCUT2D eigenvalue weighted by Crippen LogP contribution is 1.83. The maximum absolute atomic E-state index is 10.9. The fourth-order valence-corrected chi connectivity index (χ4v) is 0.866. The third-order valence-corrected chi connectivity index (χ3v) is 1.48. The normalized spacial score (nSPS) is 9.93. The van der Waals surface area contributed by atoms with Gasteiger partial charge in [-0.1, -0.05) is 0 Å². The summed E-state index contributed by atoms with van der Waals surface area (Å²) in [5.74, 6) is -0.704. The number of hydrogen-bond donors (Lipinski definition) is 2. The molecule has 0 aliphatic carbocycles. The molecule has 0 saturated carbocycles. The first-order valence-corrected chi connectivity index (χ1v) is 4.89. The Morgan fingerprint density at radius 2 is 2.07 bits per heavy atom. The van der Waals surface area contributed by atoms with Gasteiger partial charge < -0.3 is 20.5 Å². The minimum absolute atomic E-state index is 0.0699. The van der Waals surface area contributed by atoms with Gasteiger partial charge in [0.05, 0.1) is 19.6 Å². The number of hydrogen-bond acceptors (Lipinski definition) is 5. The highest BCUT2D eigenvalue weighted by Gasteiger charge is 1.99. The zero-order valence-electron chi connectivity index (χ0n) is 8.95. The molecule has 0 heterocycles. The van der Waals surface area contributed by atoms with Crippen LogP contribution in [-0.2, 0) is 19.1 Å². The third-order valence-electron chi connectivity index (χ3n) is 1.48. The number of ether oxygens (including phenoxy) is 2. The highest BCUT2D eigenvalue weighted by molar-refractivity contribution is 5.74. The molecule has 0 fully saturated rings. The number of primary amides is 1. The maximum Gasteiger partial charge on any atom is 0.307 e. The summed E-state index contributed by atoms with van der Waals surface area (Å²) in [6, 6.07) is 0. The number of carbonyl (C=O) groups is 2. The Balaban J connectivity index is 3.11. The van der Waals surface area contributed by atoms with Crippen molar-refractivity contribution in [3.8, 4) is 0 Å². The van der Waals surface area contributed by atoms with Gasteiger partial charge in [-0.2, -0.15) is 0 Å². The average molecular weight is 218 g/mol. The van der Waals surface area contributed by atoms with Crippen molar-refractivity contribution in [2.75, 3.05) is 32.9 Å². The zero-order valence-corrected chi connectivity index (χ0v) is 8.95. The summed E-state index contributed by atoms with van der Waals surface area (Å²) in [6.45, 7) is 3.61. The summed E-state index contributed by atoms with van der Waals surface area (Å²) in [5.41, 5.74) is 4.86. The van der Waals surface area contributed by atoms with Crippen LogP contribution in [0.5, 0.6) is 0 Å². The van der Waals surface area contributed by atoms with Crippen molar-refractivity contribution in [1.82, 2.24) is 5.32 Å². The van der Waals surface area contributed by atoms with E-state index in [0.29, 0.717) is 32.7 Å². The second-order valence-corrected chi connectivity index (χ2v) is 2.82. The standard InChI is InChI=1S/C9H18N2O4/c1-2-15-9(13)3-4-11-5-6-14-7-8(10)12/h11H,2-7H2,1H3,(H2,10,12). The van der Waals surface area contributed by atoms with Crippen LogP contribution in [0.15, 0.2) is 0 Å². The molecule has 1 amide bonds. The van der Waals surface area contributed by atoms with Crippen LogP contribution in [-0.4, -0.2) is 44.8 Å². The van der Waals surface area contributed by atoms with Crippen LogP contribution in [0.3, 0.4) is 0 Å². The van der Waals surface area contributed by atoms with E-state index in [2.05, 4.69) is 5.32 Å². The Kier molecular flexibility index (Phi) is 8.70. The van der Waals surface area contributed by atoms with Crippen LogP contribution >= 0.6 is 0 Å². The van der Waals surface area contributed by atoms with Crippen molar-refractivity contribution in [1.29, 1.82) is 0 Å². The number of rotatable bonds is 9. The Hall–Kier alpha value is -1.14. The van der Waals surface area contributed by atoms with Gasteiger partial charge in [0.15, 0.2) is 0 Å². The fourth-order valence-electron chi connectivity index (χ4n) is 0.866. The molecule has 0 aromatic carbocycles. The molecule has 6 nitrogen and oxygen atoms in total. The number of carbonyl (C=O) groups excluding carboxylic acids is 2. The molecule has 0 unspecified atom stereocenters. The van der Waals surface area contributed by atoms with Crippen molar-refractivity contribution < 1.29 is 19.1 Å². The van der Waals surface area contributed by atoms with Gasteiger partial charge in [0.2, 0.25) is 5.91 Å². The summed E-state index contributed by atoms with van der Waals surface area (Å²) in [5, 5.41) is 2.97. The molecule has 6 heteroatoms.